The van der Waals surface area contributed by atoms with Crippen LogP contribution < -0.4 is 0 Å². The number of hydrogen-bond acceptors (Lipinski definition) is 6. The Morgan fingerprint density at radius 3 is 2.12 bits per heavy atom. The number of hydrogen-bond donors (Lipinski definition) is 4. The van der Waals surface area contributed by atoms with Crippen molar-refractivity contribution in [2.45, 2.75) is 75.3 Å². The first-order chi connectivity index (χ1) is 11.6. The van der Waals surface area contributed by atoms with Crippen molar-refractivity contribution in [2.75, 3.05) is 32.8 Å². The molecule has 1 aliphatic carbocycles. The Kier molecular flexibility index (Phi) is 6.51. The van der Waals surface area contributed by atoms with Crippen molar-refractivity contribution in [2.24, 2.45) is 5.92 Å². The maximum atomic E-state index is 10.1. The third-order valence-electron chi connectivity index (χ3n) is 6.45. The van der Waals surface area contributed by atoms with Crippen molar-refractivity contribution >= 4 is 0 Å². The SMILES string of the molecule is OC[C@@H]1[C@@H](O)[C@H](O)[C@@H](O)CN1CC1CCN(C2CCCCC2)CC1. The molecule has 0 amide bonds. The first kappa shape index (κ1) is 18.5. The highest BCUT2D eigenvalue weighted by Crippen LogP contribution is 2.29. The zero-order valence-corrected chi connectivity index (χ0v) is 14.6. The molecule has 0 aromatic rings. The van der Waals surface area contributed by atoms with Gasteiger partial charge in [0.15, 0.2) is 0 Å². The molecule has 2 aliphatic heterocycles. The van der Waals surface area contributed by atoms with Crippen LogP contribution in [-0.4, -0.2) is 93.4 Å². The van der Waals surface area contributed by atoms with Gasteiger partial charge < -0.3 is 25.3 Å². The lowest BCUT2D eigenvalue weighted by Gasteiger charge is -2.46. The molecule has 3 fully saturated rings. The number of aliphatic hydroxyl groups excluding tert-OH is 4. The van der Waals surface area contributed by atoms with E-state index in [-0.39, 0.29) is 6.61 Å². The van der Waals surface area contributed by atoms with E-state index in [2.05, 4.69) is 4.90 Å². The van der Waals surface area contributed by atoms with E-state index < -0.39 is 24.4 Å². The minimum atomic E-state index is -1.16. The normalized spacial score (nSPS) is 38.5. The van der Waals surface area contributed by atoms with Gasteiger partial charge in [-0.2, -0.15) is 0 Å². The van der Waals surface area contributed by atoms with Gasteiger partial charge in [0.05, 0.1) is 18.8 Å². The van der Waals surface area contributed by atoms with E-state index in [0.717, 1.165) is 38.5 Å². The lowest BCUT2D eigenvalue weighted by Crippen LogP contribution is -2.63. The summed E-state index contributed by atoms with van der Waals surface area (Å²) in [4.78, 5) is 4.63. The van der Waals surface area contributed by atoms with Crippen LogP contribution in [0.15, 0.2) is 0 Å². The molecule has 3 aliphatic rings. The molecule has 140 valence electrons. The Morgan fingerprint density at radius 1 is 0.833 bits per heavy atom. The highest BCUT2D eigenvalue weighted by Gasteiger charge is 2.41. The zero-order valence-electron chi connectivity index (χ0n) is 14.6. The van der Waals surface area contributed by atoms with E-state index >= 15 is 0 Å². The molecule has 6 nitrogen and oxygen atoms in total. The molecule has 0 aromatic carbocycles. The quantitative estimate of drug-likeness (QED) is 0.566. The fraction of sp³-hybridized carbons (Fsp3) is 1.00. The average Bonchev–Trinajstić information content (AvgIpc) is 2.61. The van der Waals surface area contributed by atoms with E-state index in [1.165, 1.54) is 32.1 Å². The third-order valence-corrected chi connectivity index (χ3v) is 6.45. The van der Waals surface area contributed by atoms with Crippen LogP contribution in [0.5, 0.6) is 0 Å². The maximum absolute atomic E-state index is 10.1. The summed E-state index contributed by atoms with van der Waals surface area (Å²) >= 11 is 0. The smallest absolute Gasteiger partial charge is 0.109 e. The first-order valence-corrected chi connectivity index (χ1v) is 9.73. The minimum Gasteiger partial charge on any atom is -0.395 e. The number of piperidine rings is 2. The van der Waals surface area contributed by atoms with Crippen molar-refractivity contribution in [1.82, 2.24) is 9.80 Å². The van der Waals surface area contributed by atoms with Gasteiger partial charge in [0.1, 0.15) is 12.2 Å². The van der Waals surface area contributed by atoms with Gasteiger partial charge in [-0.3, -0.25) is 4.90 Å². The van der Waals surface area contributed by atoms with E-state index in [4.69, 9.17) is 0 Å². The predicted molar refractivity (Wildman–Crippen MR) is 91.6 cm³/mol. The topological polar surface area (TPSA) is 87.4 Å². The van der Waals surface area contributed by atoms with Crippen LogP contribution in [0.1, 0.15) is 44.9 Å². The van der Waals surface area contributed by atoms with E-state index in [1.807, 2.05) is 4.90 Å². The summed E-state index contributed by atoms with van der Waals surface area (Å²) in [6, 6.07) is 0.304. The molecule has 2 heterocycles. The molecule has 0 radical (unpaired) electrons. The Balaban J connectivity index is 1.49. The average molecular weight is 342 g/mol. The summed E-state index contributed by atoms with van der Waals surface area (Å²) in [5, 5.41) is 39.4. The molecule has 0 spiro atoms. The Bertz CT molecular complexity index is 383. The molecule has 0 aromatic heterocycles. The maximum Gasteiger partial charge on any atom is 0.109 e. The lowest BCUT2D eigenvalue weighted by atomic mass is 9.88. The molecule has 4 atom stereocenters. The molecule has 2 saturated heterocycles. The first-order valence-electron chi connectivity index (χ1n) is 9.73. The van der Waals surface area contributed by atoms with Crippen molar-refractivity contribution in [3.05, 3.63) is 0 Å². The van der Waals surface area contributed by atoms with Crippen molar-refractivity contribution in [3.8, 4) is 0 Å². The molecule has 3 rings (SSSR count). The lowest BCUT2D eigenvalue weighted by molar-refractivity contribution is -0.148. The van der Waals surface area contributed by atoms with Gasteiger partial charge >= 0.3 is 0 Å². The number of β-amino-alcohol motifs (C(OH)–C–C–N with tert-alkyl or cyclic N) is 1. The van der Waals surface area contributed by atoms with Crippen LogP contribution >= 0.6 is 0 Å². The Morgan fingerprint density at radius 2 is 1.50 bits per heavy atom. The summed E-state index contributed by atoms with van der Waals surface area (Å²) in [5.74, 6) is 0.536. The van der Waals surface area contributed by atoms with Gasteiger partial charge in [-0.25, -0.2) is 0 Å². The summed E-state index contributed by atoms with van der Waals surface area (Å²) < 4.78 is 0. The van der Waals surface area contributed by atoms with Gasteiger partial charge in [0.2, 0.25) is 0 Å². The number of likely N-dealkylation sites (tertiary alicyclic amines) is 2. The van der Waals surface area contributed by atoms with E-state index in [9.17, 15) is 20.4 Å². The molecule has 4 N–H and O–H groups in total. The largest absolute Gasteiger partial charge is 0.395 e. The van der Waals surface area contributed by atoms with Crippen LogP contribution in [0.25, 0.3) is 0 Å². The van der Waals surface area contributed by atoms with Gasteiger partial charge in [0, 0.05) is 19.1 Å². The summed E-state index contributed by atoms with van der Waals surface area (Å²) in [6.07, 6.45) is 5.92. The summed E-state index contributed by atoms with van der Waals surface area (Å²) in [5.41, 5.74) is 0. The van der Waals surface area contributed by atoms with E-state index in [1.54, 1.807) is 0 Å². The monoisotopic (exact) mass is 342 g/mol. The van der Waals surface area contributed by atoms with Gasteiger partial charge in [-0.05, 0) is 44.7 Å². The molecule has 0 unspecified atom stereocenters. The highest BCUT2D eigenvalue weighted by molar-refractivity contribution is 4.95. The molecule has 6 heteroatoms. The summed E-state index contributed by atoms with van der Waals surface area (Å²) in [7, 11) is 0. The second-order valence-electron chi connectivity index (χ2n) is 8.02. The van der Waals surface area contributed by atoms with Crippen LogP contribution in [0, 0.1) is 5.92 Å². The highest BCUT2D eigenvalue weighted by atomic mass is 16.4. The molecule has 24 heavy (non-hydrogen) atoms. The van der Waals surface area contributed by atoms with E-state index in [0.29, 0.717) is 12.5 Å². The zero-order chi connectivity index (χ0) is 17.1. The van der Waals surface area contributed by atoms with Crippen LogP contribution in [-0.2, 0) is 0 Å². The molecular weight excluding hydrogens is 308 g/mol. The Labute approximate surface area is 145 Å². The van der Waals surface area contributed by atoms with Crippen molar-refractivity contribution in [3.63, 3.8) is 0 Å². The number of aliphatic hydroxyl groups is 4. The fourth-order valence-corrected chi connectivity index (χ4v) is 4.87. The van der Waals surface area contributed by atoms with Crippen molar-refractivity contribution < 1.29 is 20.4 Å². The van der Waals surface area contributed by atoms with Crippen LogP contribution in [0.2, 0.25) is 0 Å². The molecular formula is C18H34N2O4. The standard InChI is InChI=1S/C18H34N2O4/c21-12-15-17(23)18(24)16(22)11-20(15)10-13-6-8-19(9-7-13)14-4-2-1-3-5-14/h13-18,21-24H,1-12H2/t15-,16+,17-,18-/m1/s1. The van der Waals surface area contributed by atoms with Gasteiger partial charge in [-0.1, -0.05) is 19.3 Å². The fourth-order valence-electron chi connectivity index (χ4n) is 4.87. The minimum absolute atomic E-state index is 0.189. The number of rotatable bonds is 4. The van der Waals surface area contributed by atoms with Crippen LogP contribution in [0.3, 0.4) is 0 Å². The number of nitrogens with zero attached hydrogens (tertiary/aromatic N) is 2. The second-order valence-corrected chi connectivity index (χ2v) is 8.02. The molecule has 1 saturated carbocycles. The van der Waals surface area contributed by atoms with Crippen molar-refractivity contribution in [1.29, 1.82) is 0 Å². The Hall–Kier alpha value is -0.240. The third kappa shape index (κ3) is 4.11. The predicted octanol–water partition coefficient (Wildman–Crippen LogP) is -0.210. The van der Waals surface area contributed by atoms with Crippen LogP contribution in [0.4, 0.5) is 0 Å². The van der Waals surface area contributed by atoms with Gasteiger partial charge in [-0.15, -0.1) is 0 Å². The summed E-state index contributed by atoms with van der Waals surface area (Å²) in [6.45, 7) is 3.20. The van der Waals surface area contributed by atoms with Gasteiger partial charge in [0.25, 0.3) is 0 Å². The second kappa shape index (κ2) is 8.43. The molecule has 0 bridgehead atoms.